The standard InChI is InChI=1S/C21H19F3N2O/c1-15-3-5-18(6-4-15)14-26-16(2)13-19(25-26)10-7-17-8-11-20(12-9-17)27-21(22,23)24/h3-13H,14H2,1-2H3/b10-7+. The van der Waals surface area contributed by atoms with Crippen LogP contribution in [0.15, 0.2) is 54.6 Å². The van der Waals surface area contributed by atoms with Crippen molar-refractivity contribution >= 4 is 12.2 Å². The Hall–Kier alpha value is -3.02. The highest BCUT2D eigenvalue weighted by molar-refractivity contribution is 5.68. The van der Waals surface area contributed by atoms with Crippen LogP contribution >= 0.6 is 0 Å². The molecular formula is C21H19F3N2O. The second-order valence-corrected chi connectivity index (χ2v) is 6.30. The van der Waals surface area contributed by atoms with Crippen molar-refractivity contribution in [3.63, 3.8) is 0 Å². The molecule has 0 unspecified atom stereocenters. The second kappa shape index (κ2) is 7.70. The Kier molecular flexibility index (Phi) is 5.35. The SMILES string of the molecule is Cc1ccc(Cn2nc(/C=C/c3ccc(OC(F)(F)F)cc3)cc2C)cc1. The molecule has 1 aromatic heterocycles. The Morgan fingerprint density at radius 3 is 2.26 bits per heavy atom. The zero-order valence-corrected chi connectivity index (χ0v) is 15.0. The topological polar surface area (TPSA) is 27.1 Å². The highest BCUT2D eigenvalue weighted by Gasteiger charge is 2.30. The molecule has 0 N–H and O–H groups in total. The molecular weight excluding hydrogens is 353 g/mol. The highest BCUT2D eigenvalue weighted by atomic mass is 19.4. The van der Waals surface area contributed by atoms with Gasteiger partial charge < -0.3 is 4.74 Å². The maximum atomic E-state index is 12.2. The maximum absolute atomic E-state index is 12.2. The summed E-state index contributed by atoms with van der Waals surface area (Å²) in [6.45, 7) is 4.72. The fraction of sp³-hybridized carbons (Fsp3) is 0.190. The lowest BCUT2D eigenvalue weighted by atomic mass is 10.1. The molecule has 140 valence electrons. The zero-order chi connectivity index (χ0) is 19.4. The number of aromatic nitrogens is 2. The third-order valence-electron chi connectivity index (χ3n) is 4.01. The molecule has 27 heavy (non-hydrogen) atoms. The van der Waals surface area contributed by atoms with Crippen molar-refractivity contribution in [2.75, 3.05) is 0 Å². The van der Waals surface area contributed by atoms with E-state index in [1.165, 1.54) is 23.3 Å². The molecule has 3 rings (SSSR count). The normalized spacial score (nSPS) is 11.9. The van der Waals surface area contributed by atoms with Crippen LogP contribution in [0.1, 0.15) is 28.1 Å². The Bertz CT molecular complexity index is 924. The van der Waals surface area contributed by atoms with Gasteiger partial charge in [-0.25, -0.2) is 0 Å². The van der Waals surface area contributed by atoms with Gasteiger partial charge in [0.15, 0.2) is 0 Å². The molecule has 0 atom stereocenters. The lowest BCUT2D eigenvalue weighted by molar-refractivity contribution is -0.274. The monoisotopic (exact) mass is 372 g/mol. The summed E-state index contributed by atoms with van der Waals surface area (Å²) in [5.41, 5.74) is 4.96. The van der Waals surface area contributed by atoms with E-state index in [-0.39, 0.29) is 5.75 Å². The van der Waals surface area contributed by atoms with Crippen molar-refractivity contribution in [2.45, 2.75) is 26.8 Å². The van der Waals surface area contributed by atoms with Crippen molar-refractivity contribution in [1.29, 1.82) is 0 Å². The van der Waals surface area contributed by atoms with Crippen LogP contribution in [-0.2, 0) is 6.54 Å². The molecule has 1 heterocycles. The van der Waals surface area contributed by atoms with Crippen molar-refractivity contribution < 1.29 is 17.9 Å². The van der Waals surface area contributed by atoms with Gasteiger partial charge in [-0.05, 0) is 49.2 Å². The van der Waals surface area contributed by atoms with Crippen LogP contribution in [0.3, 0.4) is 0 Å². The molecule has 0 amide bonds. The number of halogens is 3. The third kappa shape index (κ3) is 5.48. The average molecular weight is 372 g/mol. The molecule has 0 spiro atoms. The Morgan fingerprint density at radius 1 is 0.963 bits per heavy atom. The van der Waals surface area contributed by atoms with Crippen molar-refractivity contribution in [3.8, 4) is 5.75 Å². The van der Waals surface area contributed by atoms with Gasteiger partial charge in [-0.3, -0.25) is 4.68 Å². The molecule has 0 aliphatic heterocycles. The van der Waals surface area contributed by atoms with Crippen LogP contribution < -0.4 is 4.74 Å². The first-order valence-corrected chi connectivity index (χ1v) is 8.42. The number of nitrogens with zero attached hydrogens (tertiary/aromatic N) is 2. The van der Waals surface area contributed by atoms with Gasteiger partial charge in [-0.1, -0.05) is 48.0 Å². The number of alkyl halides is 3. The average Bonchev–Trinajstić information content (AvgIpc) is 2.95. The Morgan fingerprint density at radius 2 is 1.63 bits per heavy atom. The summed E-state index contributed by atoms with van der Waals surface area (Å²) in [7, 11) is 0. The number of hydrogen-bond donors (Lipinski definition) is 0. The second-order valence-electron chi connectivity index (χ2n) is 6.30. The molecule has 2 aromatic carbocycles. The van der Waals surface area contributed by atoms with Crippen molar-refractivity contribution in [2.24, 2.45) is 0 Å². The molecule has 3 aromatic rings. The number of ether oxygens (including phenoxy) is 1. The van der Waals surface area contributed by atoms with Gasteiger partial charge in [-0.15, -0.1) is 13.2 Å². The lowest BCUT2D eigenvalue weighted by Crippen LogP contribution is -2.16. The predicted octanol–water partition coefficient (Wildman–Crippen LogP) is 5.62. The summed E-state index contributed by atoms with van der Waals surface area (Å²) >= 11 is 0. The fourth-order valence-electron chi connectivity index (χ4n) is 2.61. The van der Waals surface area contributed by atoms with Gasteiger partial charge in [0.1, 0.15) is 5.75 Å². The molecule has 6 heteroatoms. The van der Waals surface area contributed by atoms with E-state index in [4.69, 9.17) is 0 Å². The summed E-state index contributed by atoms with van der Waals surface area (Å²) in [6, 6.07) is 16.0. The van der Waals surface area contributed by atoms with Crippen LogP contribution in [0.25, 0.3) is 12.2 Å². The first kappa shape index (κ1) is 18.8. The van der Waals surface area contributed by atoms with E-state index in [0.717, 1.165) is 17.0 Å². The molecule has 0 bridgehead atoms. The van der Waals surface area contributed by atoms with Gasteiger partial charge in [0.25, 0.3) is 0 Å². The minimum absolute atomic E-state index is 0.238. The maximum Gasteiger partial charge on any atom is 0.573 e. The van der Waals surface area contributed by atoms with Gasteiger partial charge in [-0.2, -0.15) is 5.10 Å². The summed E-state index contributed by atoms with van der Waals surface area (Å²) < 4.78 is 42.3. The minimum atomic E-state index is -4.68. The summed E-state index contributed by atoms with van der Waals surface area (Å²) in [5.74, 6) is -0.238. The summed E-state index contributed by atoms with van der Waals surface area (Å²) in [4.78, 5) is 0. The van der Waals surface area contributed by atoms with Gasteiger partial charge >= 0.3 is 6.36 Å². The lowest BCUT2D eigenvalue weighted by Gasteiger charge is -2.08. The quantitative estimate of drug-likeness (QED) is 0.581. The van der Waals surface area contributed by atoms with E-state index in [9.17, 15) is 13.2 Å². The van der Waals surface area contributed by atoms with Crippen LogP contribution in [0.4, 0.5) is 13.2 Å². The largest absolute Gasteiger partial charge is 0.573 e. The van der Waals surface area contributed by atoms with Crippen LogP contribution in [0, 0.1) is 13.8 Å². The summed E-state index contributed by atoms with van der Waals surface area (Å²) in [5, 5.41) is 4.56. The van der Waals surface area contributed by atoms with E-state index >= 15 is 0 Å². The predicted molar refractivity (Wildman–Crippen MR) is 99.3 cm³/mol. The Balaban J connectivity index is 1.68. The molecule has 0 fully saturated rings. The first-order chi connectivity index (χ1) is 12.8. The minimum Gasteiger partial charge on any atom is -0.406 e. The van der Waals surface area contributed by atoms with Gasteiger partial charge in [0, 0.05) is 5.69 Å². The first-order valence-electron chi connectivity index (χ1n) is 8.42. The van der Waals surface area contributed by atoms with E-state index < -0.39 is 6.36 Å². The number of benzene rings is 2. The van der Waals surface area contributed by atoms with Crippen molar-refractivity contribution in [1.82, 2.24) is 9.78 Å². The molecule has 0 aliphatic rings. The van der Waals surface area contributed by atoms with Gasteiger partial charge in [0.05, 0.1) is 12.2 Å². The third-order valence-corrected chi connectivity index (χ3v) is 4.01. The van der Waals surface area contributed by atoms with Crippen LogP contribution in [0.5, 0.6) is 5.75 Å². The van der Waals surface area contributed by atoms with E-state index in [0.29, 0.717) is 6.54 Å². The van der Waals surface area contributed by atoms with Crippen LogP contribution in [-0.4, -0.2) is 16.1 Å². The number of hydrogen-bond acceptors (Lipinski definition) is 2. The number of aryl methyl sites for hydroxylation is 2. The molecule has 3 nitrogen and oxygen atoms in total. The van der Waals surface area contributed by atoms with Crippen molar-refractivity contribution in [3.05, 3.63) is 82.7 Å². The highest BCUT2D eigenvalue weighted by Crippen LogP contribution is 2.23. The molecule has 0 aliphatic carbocycles. The van der Waals surface area contributed by atoms with Gasteiger partial charge in [0.2, 0.25) is 0 Å². The van der Waals surface area contributed by atoms with E-state index in [1.807, 2.05) is 30.7 Å². The number of rotatable bonds is 5. The smallest absolute Gasteiger partial charge is 0.406 e. The zero-order valence-electron chi connectivity index (χ0n) is 15.0. The van der Waals surface area contributed by atoms with E-state index in [2.05, 4.69) is 34.1 Å². The van der Waals surface area contributed by atoms with Crippen LogP contribution in [0.2, 0.25) is 0 Å². The molecule has 0 saturated heterocycles. The fourth-order valence-corrected chi connectivity index (χ4v) is 2.61. The molecule has 0 saturated carbocycles. The summed E-state index contributed by atoms with van der Waals surface area (Å²) in [6.07, 6.45) is -1.05. The Labute approximate surface area is 155 Å². The van der Waals surface area contributed by atoms with E-state index in [1.54, 1.807) is 18.2 Å². The molecule has 0 radical (unpaired) electrons.